The fourth-order valence-corrected chi connectivity index (χ4v) is 3.06. The Labute approximate surface area is 138 Å². The van der Waals surface area contributed by atoms with E-state index in [0.29, 0.717) is 12.4 Å². The van der Waals surface area contributed by atoms with E-state index < -0.39 is 5.97 Å². The van der Waals surface area contributed by atoms with Crippen LogP contribution in [0.15, 0.2) is 51.6 Å². The summed E-state index contributed by atoms with van der Waals surface area (Å²) in [6.45, 7) is 0.350. The van der Waals surface area contributed by atoms with Crippen LogP contribution in [0.2, 0.25) is 0 Å². The molecule has 0 atom stereocenters. The van der Waals surface area contributed by atoms with Gasteiger partial charge in [0.25, 0.3) is 0 Å². The van der Waals surface area contributed by atoms with E-state index in [0.717, 1.165) is 26.3 Å². The van der Waals surface area contributed by atoms with Crippen LogP contribution in [0.3, 0.4) is 0 Å². The zero-order valence-corrected chi connectivity index (χ0v) is 14.0. The lowest BCUT2D eigenvalue weighted by Gasteiger charge is -2.11. The lowest BCUT2D eigenvalue weighted by molar-refractivity contribution is -0.131. The third-order valence-corrected chi connectivity index (χ3v) is 3.71. The first kappa shape index (κ1) is 15.7. The van der Waals surface area contributed by atoms with Crippen molar-refractivity contribution in [1.82, 2.24) is 4.98 Å². The number of carboxylic acid groups (broad SMARTS) is 1. The second-order valence-corrected chi connectivity index (χ2v) is 5.80. The van der Waals surface area contributed by atoms with Crippen LogP contribution < -0.4 is 4.74 Å². The van der Waals surface area contributed by atoms with Crippen molar-refractivity contribution in [2.75, 3.05) is 0 Å². The first-order chi connectivity index (χ1) is 10.1. The highest BCUT2D eigenvalue weighted by Crippen LogP contribution is 2.35. The van der Waals surface area contributed by atoms with E-state index in [1.165, 1.54) is 6.08 Å². The maximum Gasteiger partial charge on any atom is 0.328 e. The molecule has 1 aromatic carbocycles. The highest BCUT2D eigenvalue weighted by Gasteiger charge is 2.09. The van der Waals surface area contributed by atoms with E-state index in [-0.39, 0.29) is 0 Å². The maximum atomic E-state index is 10.5. The van der Waals surface area contributed by atoms with Gasteiger partial charge in [-0.3, -0.25) is 4.98 Å². The van der Waals surface area contributed by atoms with Crippen molar-refractivity contribution in [1.29, 1.82) is 0 Å². The van der Waals surface area contributed by atoms with Crippen LogP contribution in [0.5, 0.6) is 5.75 Å². The van der Waals surface area contributed by atoms with Crippen molar-refractivity contribution in [2.24, 2.45) is 0 Å². The molecule has 0 aliphatic heterocycles. The second kappa shape index (κ2) is 7.38. The highest BCUT2D eigenvalue weighted by atomic mass is 79.9. The van der Waals surface area contributed by atoms with Crippen molar-refractivity contribution < 1.29 is 14.6 Å². The number of hydrogen-bond donors (Lipinski definition) is 1. The molecule has 0 fully saturated rings. The third-order valence-electron chi connectivity index (χ3n) is 2.53. The Hall–Kier alpha value is -1.66. The summed E-state index contributed by atoms with van der Waals surface area (Å²) in [5.74, 6) is -0.342. The Kier molecular flexibility index (Phi) is 5.52. The van der Waals surface area contributed by atoms with Crippen LogP contribution in [0.25, 0.3) is 6.08 Å². The molecule has 0 aliphatic rings. The third kappa shape index (κ3) is 4.68. The van der Waals surface area contributed by atoms with Crippen molar-refractivity contribution in [3.8, 4) is 5.75 Å². The predicted molar refractivity (Wildman–Crippen MR) is 87.1 cm³/mol. The van der Waals surface area contributed by atoms with Crippen LogP contribution in [-0.2, 0) is 11.4 Å². The van der Waals surface area contributed by atoms with Gasteiger partial charge in [-0.25, -0.2) is 4.79 Å². The number of aromatic nitrogens is 1. The first-order valence-electron chi connectivity index (χ1n) is 5.99. The second-order valence-electron chi connectivity index (χ2n) is 4.09. The Morgan fingerprint density at radius 3 is 2.57 bits per heavy atom. The van der Waals surface area contributed by atoms with Gasteiger partial charge in [0, 0.05) is 12.3 Å². The number of pyridine rings is 1. The summed E-state index contributed by atoms with van der Waals surface area (Å²) in [5, 5.41) is 8.64. The number of aliphatic carboxylic acids is 1. The number of nitrogens with zero attached hydrogens (tertiary/aromatic N) is 1. The number of carboxylic acids is 1. The molecule has 0 amide bonds. The molecule has 0 saturated heterocycles. The van der Waals surface area contributed by atoms with Gasteiger partial charge in [-0.05, 0) is 67.8 Å². The lowest BCUT2D eigenvalue weighted by atomic mass is 10.2. The normalized spacial score (nSPS) is 10.8. The summed E-state index contributed by atoms with van der Waals surface area (Å²) in [4.78, 5) is 14.7. The van der Waals surface area contributed by atoms with Gasteiger partial charge in [-0.2, -0.15) is 0 Å². The maximum absolute atomic E-state index is 10.5. The SMILES string of the molecule is O=C(O)C=Cc1cc(Br)c(OCc2ccccn2)c(Br)c1. The Balaban J connectivity index is 2.15. The first-order valence-corrected chi connectivity index (χ1v) is 7.57. The summed E-state index contributed by atoms with van der Waals surface area (Å²) in [7, 11) is 0. The van der Waals surface area contributed by atoms with Gasteiger partial charge in [0.1, 0.15) is 12.4 Å². The molecule has 1 heterocycles. The molecule has 0 saturated carbocycles. The molecule has 1 aromatic heterocycles. The standard InChI is InChI=1S/C15H11Br2NO3/c16-12-7-10(4-5-14(19)20)8-13(17)15(12)21-9-11-3-1-2-6-18-11/h1-8H,9H2,(H,19,20). The van der Waals surface area contributed by atoms with E-state index in [2.05, 4.69) is 36.8 Å². The summed E-state index contributed by atoms with van der Waals surface area (Å²) < 4.78 is 7.21. The molecule has 21 heavy (non-hydrogen) atoms. The van der Waals surface area contributed by atoms with E-state index in [4.69, 9.17) is 9.84 Å². The minimum absolute atomic E-state index is 0.350. The van der Waals surface area contributed by atoms with Crippen LogP contribution in [0, 0.1) is 0 Å². The number of rotatable bonds is 5. The van der Waals surface area contributed by atoms with E-state index >= 15 is 0 Å². The van der Waals surface area contributed by atoms with Crippen molar-refractivity contribution in [3.63, 3.8) is 0 Å². The van der Waals surface area contributed by atoms with Gasteiger partial charge in [0.2, 0.25) is 0 Å². The highest BCUT2D eigenvalue weighted by molar-refractivity contribution is 9.11. The summed E-state index contributed by atoms with van der Waals surface area (Å²) >= 11 is 6.84. The fraction of sp³-hybridized carbons (Fsp3) is 0.0667. The minimum Gasteiger partial charge on any atom is -0.485 e. The summed E-state index contributed by atoms with van der Waals surface area (Å²) in [6.07, 6.45) is 4.31. The fourth-order valence-electron chi connectivity index (χ4n) is 1.61. The van der Waals surface area contributed by atoms with Gasteiger partial charge in [-0.1, -0.05) is 6.07 Å². The molecule has 2 rings (SSSR count). The van der Waals surface area contributed by atoms with Gasteiger partial charge in [-0.15, -0.1) is 0 Å². The van der Waals surface area contributed by atoms with Gasteiger partial charge < -0.3 is 9.84 Å². The van der Waals surface area contributed by atoms with Crippen molar-refractivity contribution in [3.05, 3.63) is 62.8 Å². The molecule has 0 bridgehead atoms. The summed E-state index contributed by atoms with van der Waals surface area (Å²) in [5.41, 5.74) is 1.58. The molecule has 6 heteroatoms. The topological polar surface area (TPSA) is 59.4 Å². The van der Waals surface area contributed by atoms with Gasteiger partial charge in [0.15, 0.2) is 0 Å². The van der Waals surface area contributed by atoms with E-state index in [1.54, 1.807) is 18.3 Å². The number of halogens is 2. The Bertz CT molecular complexity index is 649. The summed E-state index contributed by atoms with van der Waals surface area (Å²) in [6, 6.07) is 9.20. The van der Waals surface area contributed by atoms with Gasteiger partial charge >= 0.3 is 5.97 Å². The van der Waals surface area contributed by atoms with Gasteiger partial charge in [0.05, 0.1) is 14.6 Å². The molecule has 1 N–H and O–H groups in total. The van der Waals surface area contributed by atoms with E-state index in [9.17, 15) is 4.79 Å². The molecule has 0 unspecified atom stereocenters. The van der Waals surface area contributed by atoms with Crippen LogP contribution in [0.1, 0.15) is 11.3 Å². The molecule has 0 radical (unpaired) electrons. The van der Waals surface area contributed by atoms with Crippen molar-refractivity contribution in [2.45, 2.75) is 6.61 Å². The number of benzene rings is 1. The Morgan fingerprint density at radius 2 is 2.00 bits per heavy atom. The molecule has 0 spiro atoms. The zero-order chi connectivity index (χ0) is 15.2. The molecule has 4 nitrogen and oxygen atoms in total. The van der Waals surface area contributed by atoms with Crippen LogP contribution >= 0.6 is 31.9 Å². The predicted octanol–water partition coefficient (Wildman–Crippen LogP) is 4.28. The van der Waals surface area contributed by atoms with Crippen LogP contribution in [-0.4, -0.2) is 16.1 Å². The monoisotopic (exact) mass is 411 g/mol. The molecule has 108 valence electrons. The van der Waals surface area contributed by atoms with Crippen LogP contribution in [0.4, 0.5) is 0 Å². The number of hydrogen-bond acceptors (Lipinski definition) is 3. The van der Waals surface area contributed by atoms with Crippen molar-refractivity contribution >= 4 is 43.9 Å². The molecular weight excluding hydrogens is 402 g/mol. The average Bonchev–Trinajstić information content (AvgIpc) is 2.45. The molecular formula is C15H11Br2NO3. The zero-order valence-electron chi connectivity index (χ0n) is 10.8. The number of ether oxygens (including phenoxy) is 1. The molecule has 0 aliphatic carbocycles. The molecule has 2 aromatic rings. The van der Waals surface area contributed by atoms with E-state index in [1.807, 2.05) is 18.2 Å². The number of carbonyl (C=O) groups is 1. The Morgan fingerprint density at radius 1 is 1.29 bits per heavy atom. The minimum atomic E-state index is -0.988. The largest absolute Gasteiger partial charge is 0.485 e. The average molecular weight is 413 g/mol. The smallest absolute Gasteiger partial charge is 0.328 e. The lowest BCUT2D eigenvalue weighted by Crippen LogP contribution is -1.99. The quantitative estimate of drug-likeness (QED) is 0.744.